The number of hydrogen-bond acceptors (Lipinski definition) is 5. The summed E-state index contributed by atoms with van der Waals surface area (Å²) in [4.78, 5) is 24.6. The smallest absolute Gasteiger partial charge is 0.329 e. The van der Waals surface area contributed by atoms with Crippen LogP contribution in [0.25, 0.3) is 16.9 Å². The van der Waals surface area contributed by atoms with E-state index in [-0.39, 0.29) is 15.7 Å². The van der Waals surface area contributed by atoms with Gasteiger partial charge >= 0.3 is 11.8 Å². The summed E-state index contributed by atoms with van der Waals surface area (Å²) in [5.41, 5.74) is 5.40. The van der Waals surface area contributed by atoms with Gasteiger partial charge < -0.3 is 10.1 Å². The van der Waals surface area contributed by atoms with Crippen LogP contribution in [0.15, 0.2) is 84.1 Å². The maximum atomic E-state index is 12.3. The first kappa shape index (κ1) is 25.9. The number of halogens is 2. The molecule has 0 aliphatic rings. The molecule has 37 heavy (non-hydrogen) atoms. The number of carbonyl (C=O) groups is 2. The molecule has 0 bridgehead atoms. The summed E-state index contributed by atoms with van der Waals surface area (Å²) >= 11 is 12.0. The lowest BCUT2D eigenvalue weighted by Crippen LogP contribution is -2.32. The second-order valence-corrected chi connectivity index (χ2v) is 8.63. The van der Waals surface area contributed by atoms with Crippen LogP contribution >= 0.6 is 23.2 Å². The van der Waals surface area contributed by atoms with Gasteiger partial charge in [0.25, 0.3) is 0 Å². The van der Waals surface area contributed by atoms with E-state index in [4.69, 9.17) is 33.0 Å². The highest BCUT2D eigenvalue weighted by Gasteiger charge is 2.16. The maximum Gasteiger partial charge on any atom is 0.329 e. The fourth-order valence-electron chi connectivity index (χ4n) is 3.34. The highest BCUT2D eigenvalue weighted by molar-refractivity contribution is 6.45. The molecule has 1 heterocycles. The molecule has 0 fully saturated rings. The molecule has 2 N–H and O–H groups in total. The molecule has 0 aliphatic carbocycles. The molecular formula is C27H23Cl2N5O3. The minimum absolute atomic E-state index is 0.137. The molecule has 2 amide bonds. The average molecular weight is 536 g/mol. The molecule has 3 aromatic carbocycles. The molecule has 4 rings (SSSR count). The summed E-state index contributed by atoms with van der Waals surface area (Å²) < 4.78 is 7.38. The number of hydrogen-bond donors (Lipinski definition) is 2. The first-order valence-corrected chi connectivity index (χ1v) is 12.2. The van der Waals surface area contributed by atoms with E-state index >= 15 is 0 Å². The lowest BCUT2D eigenvalue weighted by atomic mass is 10.1. The maximum absolute atomic E-state index is 12.3. The summed E-state index contributed by atoms with van der Waals surface area (Å²) in [6.45, 7) is 2.68. The van der Waals surface area contributed by atoms with Gasteiger partial charge in [-0.1, -0.05) is 54.4 Å². The van der Waals surface area contributed by atoms with E-state index in [2.05, 4.69) is 15.8 Å². The van der Waals surface area contributed by atoms with E-state index in [1.165, 1.54) is 12.3 Å². The van der Waals surface area contributed by atoms with Gasteiger partial charge in [0.2, 0.25) is 0 Å². The van der Waals surface area contributed by atoms with Gasteiger partial charge in [0.15, 0.2) is 0 Å². The van der Waals surface area contributed by atoms with Crippen molar-refractivity contribution in [1.29, 1.82) is 0 Å². The van der Waals surface area contributed by atoms with Crippen molar-refractivity contribution in [3.63, 3.8) is 0 Å². The van der Waals surface area contributed by atoms with Crippen LogP contribution in [0.4, 0.5) is 5.69 Å². The van der Waals surface area contributed by atoms with Crippen LogP contribution in [0.1, 0.15) is 18.9 Å². The molecule has 10 heteroatoms. The molecule has 188 valence electrons. The molecule has 0 saturated carbocycles. The second-order valence-electron chi connectivity index (χ2n) is 7.84. The van der Waals surface area contributed by atoms with E-state index in [0.717, 1.165) is 23.4 Å². The van der Waals surface area contributed by atoms with Crippen LogP contribution in [-0.2, 0) is 9.59 Å². The van der Waals surface area contributed by atoms with Crippen molar-refractivity contribution in [2.24, 2.45) is 5.10 Å². The number of carbonyl (C=O) groups excluding carboxylic acids is 2. The van der Waals surface area contributed by atoms with Crippen molar-refractivity contribution in [3.8, 4) is 22.7 Å². The van der Waals surface area contributed by atoms with Crippen molar-refractivity contribution >= 4 is 46.9 Å². The SMILES string of the molecule is CCCOc1ccc(-c2nn(-c3ccccc3)cc2C=NNC(=O)C(=O)Nc2cccc(Cl)c2Cl)cc1. The quantitative estimate of drug-likeness (QED) is 0.171. The zero-order valence-electron chi connectivity index (χ0n) is 19.8. The van der Waals surface area contributed by atoms with E-state index in [9.17, 15) is 9.59 Å². The minimum Gasteiger partial charge on any atom is -0.494 e. The Morgan fingerprint density at radius 3 is 2.49 bits per heavy atom. The van der Waals surface area contributed by atoms with Gasteiger partial charge in [-0.05, 0) is 55.0 Å². The zero-order chi connectivity index (χ0) is 26.2. The molecule has 1 aromatic heterocycles. The number of anilines is 1. The predicted octanol–water partition coefficient (Wildman–Crippen LogP) is 5.72. The van der Waals surface area contributed by atoms with Gasteiger partial charge in [-0.15, -0.1) is 0 Å². The van der Waals surface area contributed by atoms with E-state index in [1.54, 1.807) is 23.0 Å². The standard InChI is InChI=1S/C27H23Cl2N5O3/c1-2-15-37-21-13-11-18(12-14-21)25-19(17-34(33-25)20-7-4-3-5-8-20)16-30-32-27(36)26(35)31-23-10-6-9-22(28)24(23)29/h3-14,16-17H,2,15H2,1H3,(H,31,35)(H,32,36). The average Bonchev–Trinajstić information content (AvgIpc) is 3.35. The Labute approximate surface area is 223 Å². The summed E-state index contributed by atoms with van der Waals surface area (Å²) in [6.07, 6.45) is 4.13. The third-order valence-electron chi connectivity index (χ3n) is 5.14. The first-order chi connectivity index (χ1) is 18.0. The third-order valence-corrected chi connectivity index (χ3v) is 5.96. The van der Waals surface area contributed by atoms with Crippen molar-refractivity contribution < 1.29 is 14.3 Å². The van der Waals surface area contributed by atoms with Crippen LogP contribution < -0.4 is 15.5 Å². The van der Waals surface area contributed by atoms with Gasteiger partial charge in [-0.25, -0.2) is 10.1 Å². The Morgan fingerprint density at radius 1 is 1.00 bits per heavy atom. The number of para-hydroxylation sites is 1. The van der Waals surface area contributed by atoms with Crippen molar-refractivity contribution in [3.05, 3.63) is 94.6 Å². The number of hydrazone groups is 1. The van der Waals surface area contributed by atoms with Crippen LogP contribution in [0.3, 0.4) is 0 Å². The van der Waals surface area contributed by atoms with E-state index in [0.29, 0.717) is 17.9 Å². The predicted molar refractivity (Wildman–Crippen MR) is 146 cm³/mol. The molecular weight excluding hydrogens is 513 g/mol. The number of aromatic nitrogens is 2. The normalized spacial score (nSPS) is 10.9. The van der Waals surface area contributed by atoms with Crippen LogP contribution in [0.2, 0.25) is 10.0 Å². The van der Waals surface area contributed by atoms with Gasteiger partial charge in [-0.2, -0.15) is 10.2 Å². The monoisotopic (exact) mass is 535 g/mol. The Hall–Kier alpha value is -4.14. The lowest BCUT2D eigenvalue weighted by molar-refractivity contribution is -0.136. The van der Waals surface area contributed by atoms with Gasteiger partial charge in [-0.3, -0.25) is 9.59 Å². The summed E-state index contributed by atoms with van der Waals surface area (Å²) in [6, 6.07) is 21.9. The topological polar surface area (TPSA) is 97.6 Å². The van der Waals surface area contributed by atoms with Crippen molar-refractivity contribution in [1.82, 2.24) is 15.2 Å². The largest absolute Gasteiger partial charge is 0.494 e. The fraction of sp³-hybridized carbons (Fsp3) is 0.111. The number of benzene rings is 3. The summed E-state index contributed by atoms with van der Waals surface area (Å²) in [5.74, 6) is -1.15. The van der Waals surface area contributed by atoms with E-state index < -0.39 is 11.8 Å². The highest BCUT2D eigenvalue weighted by Crippen LogP contribution is 2.29. The molecule has 0 spiro atoms. The number of nitrogens with one attached hydrogen (secondary N) is 2. The molecule has 8 nitrogen and oxygen atoms in total. The number of rotatable bonds is 8. The molecule has 4 aromatic rings. The molecule has 0 aliphatic heterocycles. The van der Waals surface area contributed by atoms with E-state index in [1.807, 2.05) is 61.5 Å². The second kappa shape index (κ2) is 12.2. The van der Waals surface area contributed by atoms with Crippen LogP contribution in [0, 0.1) is 0 Å². The Bertz CT molecular complexity index is 1420. The number of amides is 2. The number of ether oxygens (including phenoxy) is 1. The van der Waals surface area contributed by atoms with Gasteiger partial charge in [0, 0.05) is 17.3 Å². The van der Waals surface area contributed by atoms with Crippen molar-refractivity contribution in [2.45, 2.75) is 13.3 Å². The van der Waals surface area contributed by atoms with Crippen molar-refractivity contribution in [2.75, 3.05) is 11.9 Å². The molecule has 0 unspecified atom stereocenters. The number of nitrogens with zero attached hydrogens (tertiary/aromatic N) is 3. The fourth-order valence-corrected chi connectivity index (χ4v) is 3.69. The Kier molecular flexibility index (Phi) is 8.56. The molecule has 0 radical (unpaired) electrons. The zero-order valence-corrected chi connectivity index (χ0v) is 21.3. The summed E-state index contributed by atoms with van der Waals surface area (Å²) in [5, 5.41) is 11.5. The lowest BCUT2D eigenvalue weighted by Gasteiger charge is -2.07. The Morgan fingerprint density at radius 2 is 1.76 bits per heavy atom. The first-order valence-electron chi connectivity index (χ1n) is 11.4. The Balaban J connectivity index is 1.53. The van der Waals surface area contributed by atoms with Gasteiger partial charge in [0.05, 0.1) is 34.2 Å². The molecule has 0 saturated heterocycles. The minimum atomic E-state index is -0.971. The highest BCUT2D eigenvalue weighted by atomic mass is 35.5. The van der Waals surface area contributed by atoms with Crippen LogP contribution in [0.5, 0.6) is 5.75 Å². The third kappa shape index (κ3) is 6.55. The molecule has 0 atom stereocenters. The van der Waals surface area contributed by atoms with Crippen LogP contribution in [-0.4, -0.2) is 34.4 Å². The van der Waals surface area contributed by atoms with Gasteiger partial charge in [0.1, 0.15) is 11.4 Å². The summed E-state index contributed by atoms with van der Waals surface area (Å²) in [7, 11) is 0.